The zero-order valence-corrected chi connectivity index (χ0v) is 13.4. The minimum absolute atomic E-state index is 0.0937. The van der Waals surface area contributed by atoms with Gasteiger partial charge in [-0.25, -0.2) is 4.98 Å². The van der Waals surface area contributed by atoms with Crippen LogP contribution in [0.15, 0.2) is 12.3 Å². The van der Waals surface area contributed by atoms with E-state index in [9.17, 15) is 0 Å². The molecule has 0 aromatic carbocycles. The van der Waals surface area contributed by atoms with Crippen LogP contribution in [0.25, 0.3) is 0 Å². The van der Waals surface area contributed by atoms with Gasteiger partial charge in [-0.05, 0) is 39.5 Å². The fraction of sp³-hybridized carbons (Fsp3) is 0.667. The predicted octanol–water partition coefficient (Wildman–Crippen LogP) is 2.84. The molecule has 1 saturated carbocycles. The normalized spacial score (nSPS) is 19.4. The highest BCUT2D eigenvalue weighted by molar-refractivity contribution is 6.30. The minimum Gasteiger partial charge on any atom is -0.383 e. The molecule has 1 aromatic rings. The number of hydrogen-bond donors (Lipinski definition) is 2. The van der Waals surface area contributed by atoms with Crippen LogP contribution in [0.1, 0.15) is 44.2 Å². The fourth-order valence-corrected chi connectivity index (χ4v) is 3.64. The Morgan fingerprint density at radius 2 is 2.10 bits per heavy atom. The molecule has 1 aliphatic rings. The Labute approximate surface area is 126 Å². The minimum atomic E-state index is 0.0937. The fourth-order valence-electron chi connectivity index (χ4n) is 3.47. The summed E-state index contributed by atoms with van der Waals surface area (Å²) in [5, 5.41) is 4.25. The van der Waals surface area contributed by atoms with Crippen molar-refractivity contribution < 1.29 is 0 Å². The summed E-state index contributed by atoms with van der Waals surface area (Å²) in [6, 6.07) is 2.12. The average molecular weight is 297 g/mol. The van der Waals surface area contributed by atoms with E-state index in [1.165, 1.54) is 25.7 Å². The highest BCUT2D eigenvalue weighted by atomic mass is 35.5. The van der Waals surface area contributed by atoms with Gasteiger partial charge in [-0.1, -0.05) is 31.4 Å². The number of rotatable bonds is 5. The van der Waals surface area contributed by atoms with Gasteiger partial charge in [0.2, 0.25) is 0 Å². The van der Waals surface area contributed by atoms with Crippen LogP contribution in [0.3, 0.4) is 0 Å². The van der Waals surface area contributed by atoms with E-state index in [0.29, 0.717) is 10.8 Å². The van der Waals surface area contributed by atoms with Crippen LogP contribution in [-0.4, -0.2) is 36.1 Å². The molecule has 5 heteroatoms. The van der Waals surface area contributed by atoms with Crippen LogP contribution in [0.4, 0.5) is 5.82 Å². The molecular weight excluding hydrogens is 272 g/mol. The topological polar surface area (TPSA) is 54.2 Å². The number of nitrogens with zero attached hydrogens (tertiary/aromatic N) is 2. The lowest BCUT2D eigenvalue weighted by atomic mass is 9.82. The first-order chi connectivity index (χ1) is 9.51. The van der Waals surface area contributed by atoms with Gasteiger partial charge in [0.15, 0.2) is 0 Å². The number of aromatic nitrogens is 1. The molecule has 0 saturated heterocycles. The molecule has 0 radical (unpaired) electrons. The predicted molar refractivity (Wildman–Crippen MR) is 85.0 cm³/mol. The Hall–Kier alpha value is -0.840. The summed E-state index contributed by atoms with van der Waals surface area (Å²) in [4.78, 5) is 6.57. The number of hydrogen-bond acceptors (Lipinski definition) is 4. The van der Waals surface area contributed by atoms with E-state index >= 15 is 0 Å². The van der Waals surface area contributed by atoms with E-state index in [1.807, 2.05) is 6.07 Å². The zero-order valence-electron chi connectivity index (χ0n) is 12.6. The molecule has 0 amide bonds. The van der Waals surface area contributed by atoms with Crippen molar-refractivity contribution in [3.05, 3.63) is 22.8 Å². The van der Waals surface area contributed by atoms with Crippen molar-refractivity contribution in [2.75, 3.05) is 26.4 Å². The van der Waals surface area contributed by atoms with Crippen molar-refractivity contribution >= 4 is 17.4 Å². The van der Waals surface area contributed by atoms with E-state index in [2.05, 4.69) is 36.2 Å². The van der Waals surface area contributed by atoms with Gasteiger partial charge in [-0.3, -0.25) is 0 Å². The third kappa shape index (κ3) is 2.78. The molecule has 0 spiro atoms. The summed E-state index contributed by atoms with van der Waals surface area (Å²) in [5.74, 6) is 0.577. The number of pyridine rings is 1. The van der Waals surface area contributed by atoms with Gasteiger partial charge in [0.25, 0.3) is 0 Å². The summed E-state index contributed by atoms with van der Waals surface area (Å²) in [6.07, 6.45) is 6.47. The number of nitrogen functional groups attached to an aromatic ring is 1. The van der Waals surface area contributed by atoms with Gasteiger partial charge < -0.3 is 16.0 Å². The third-order valence-corrected chi connectivity index (χ3v) is 4.74. The molecule has 1 fully saturated rings. The summed E-state index contributed by atoms with van der Waals surface area (Å²) in [6.45, 7) is 3.02. The average Bonchev–Trinajstić information content (AvgIpc) is 2.90. The van der Waals surface area contributed by atoms with Crippen molar-refractivity contribution in [3.63, 3.8) is 0 Å². The van der Waals surface area contributed by atoms with Crippen molar-refractivity contribution in [1.29, 1.82) is 0 Å². The van der Waals surface area contributed by atoms with E-state index in [-0.39, 0.29) is 11.6 Å². The first kappa shape index (κ1) is 15.5. The van der Waals surface area contributed by atoms with Gasteiger partial charge in [0, 0.05) is 17.3 Å². The summed E-state index contributed by atoms with van der Waals surface area (Å²) < 4.78 is 0. The van der Waals surface area contributed by atoms with Gasteiger partial charge in [-0.15, -0.1) is 0 Å². The SMILES string of the molecule is CCNC(c1cc(Cl)cnc1N)C1(N(C)C)CCCC1. The summed E-state index contributed by atoms with van der Waals surface area (Å²) in [7, 11) is 4.31. The second-order valence-corrected chi connectivity index (χ2v) is 6.26. The van der Waals surface area contributed by atoms with Gasteiger partial charge in [0.05, 0.1) is 11.1 Å². The highest BCUT2D eigenvalue weighted by Gasteiger charge is 2.44. The molecule has 0 bridgehead atoms. The van der Waals surface area contributed by atoms with Crippen molar-refractivity contribution in [1.82, 2.24) is 15.2 Å². The number of nitrogens with two attached hydrogens (primary N) is 1. The Bertz CT molecular complexity index is 455. The van der Waals surface area contributed by atoms with Crippen LogP contribution in [0.2, 0.25) is 5.02 Å². The van der Waals surface area contributed by atoms with Crippen molar-refractivity contribution in [2.45, 2.75) is 44.2 Å². The van der Waals surface area contributed by atoms with E-state index in [1.54, 1.807) is 6.20 Å². The molecule has 20 heavy (non-hydrogen) atoms. The molecule has 4 nitrogen and oxygen atoms in total. The standard InChI is InChI=1S/C15H25ClN4/c1-4-18-13(12-9-11(16)10-19-14(12)17)15(20(2)3)7-5-6-8-15/h9-10,13,18H,4-8H2,1-3H3,(H2,17,19). The second-order valence-electron chi connectivity index (χ2n) is 5.82. The smallest absolute Gasteiger partial charge is 0.128 e. The van der Waals surface area contributed by atoms with Crippen LogP contribution in [-0.2, 0) is 0 Å². The maximum absolute atomic E-state index is 6.13. The summed E-state index contributed by atoms with van der Waals surface area (Å²) in [5.41, 5.74) is 7.24. The molecule has 3 N–H and O–H groups in total. The first-order valence-corrected chi connectivity index (χ1v) is 7.71. The lowest BCUT2D eigenvalue weighted by molar-refractivity contribution is 0.105. The van der Waals surface area contributed by atoms with Gasteiger partial charge in [0.1, 0.15) is 5.82 Å². The quantitative estimate of drug-likeness (QED) is 0.877. The lowest BCUT2D eigenvalue weighted by Gasteiger charge is -2.44. The molecule has 0 aliphatic heterocycles. The number of halogens is 1. The Morgan fingerprint density at radius 3 is 2.65 bits per heavy atom. The zero-order chi connectivity index (χ0) is 14.8. The summed E-state index contributed by atoms with van der Waals surface area (Å²) >= 11 is 6.13. The second kappa shape index (κ2) is 6.29. The van der Waals surface area contributed by atoms with E-state index < -0.39 is 0 Å². The number of likely N-dealkylation sites (N-methyl/N-ethyl adjacent to an activating group) is 2. The highest BCUT2D eigenvalue weighted by Crippen LogP contribution is 2.44. The van der Waals surface area contributed by atoms with E-state index in [0.717, 1.165) is 12.1 Å². The maximum Gasteiger partial charge on any atom is 0.128 e. The van der Waals surface area contributed by atoms with Crippen LogP contribution in [0, 0.1) is 0 Å². The van der Waals surface area contributed by atoms with Crippen LogP contribution in [0.5, 0.6) is 0 Å². The monoisotopic (exact) mass is 296 g/mol. The number of anilines is 1. The first-order valence-electron chi connectivity index (χ1n) is 7.33. The van der Waals surface area contributed by atoms with Crippen LogP contribution < -0.4 is 11.1 Å². The van der Waals surface area contributed by atoms with Crippen molar-refractivity contribution in [2.24, 2.45) is 0 Å². The molecule has 1 aromatic heterocycles. The largest absolute Gasteiger partial charge is 0.383 e. The molecule has 1 unspecified atom stereocenters. The Kier molecular flexibility index (Phi) is 4.89. The Morgan fingerprint density at radius 1 is 1.45 bits per heavy atom. The lowest BCUT2D eigenvalue weighted by Crippen LogP contribution is -2.52. The molecule has 2 rings (SSSR count). The molecule has 1 heterocycles. The molecular formula is C15H25ClN4. The van der Waals surface area contributed by atoms with Crippen molar-refractivity contribution in [3.8, 4) is 0 Å². The third-order valence-electron chi connectivity index (χ3n) is 4.53. The molecule has 112 valence electrons. The number of nitrogens with one attached hydrogen (secondary N) is 1. The molecule has 1 aliphatic carbocycles. The van der Waals surface area contributed by atoms with E-state index in [4.69, 9.17) is 17.3 Å². The van der Waals surface area contributed by atoms with Gasteiger partial charge >= 0.3 is 0 Å². The van der Waals surface area contributed by atoms with Gasteiger partial charge in [-0.2, -0.15) is 0 Å². The maximum atomic E-state index is 6.13. The van der Waals surface area contributed by atoms with Crippen LogP contribution >= 0.6 is 11.6 Å². The molecule has 1 atom stereocenters. The Balaban J connectivity index is 2.46.